The van der Waals surface area contributed by atoms with E-state index in [0.29, 0.717) is 18.4 Å². The summed E-state index contributed by atoms with van der Waals surface area (Å²) in [6.45, 7) is 0.186. The molecule has 0 saturated heterocycles. The summed E-state index contributed by atoms with van der Waals surface area (Å²) in [6.07, 6.45) is -3.22. The standard InChI is InChI=1S/C26H27F3N2O/c27-26(28,29)24(30-18-10-15-20-11-4-1-5-12-20)23(19-21-13-6-2-7-14-21)31-25(32)22-16-8-3-9-17-22/h1-9,11-14,16-17,23-24,30H,10,15,18-19H2,(H,31,32). The Kier molecular flexibility index (Phi) is 8.45. The molecule has 1 amide bonds. The van der Waals surface area contributed by atoms with Crippen LogP contribution in [0.3, 0.4) is 0 Å². The average molecular weight is 441 g/mol. The van der Waals surface area contributed by atoms with Crippen LogP contribution in [0.5, 0.6) is 0 Å². The summed E-state index contributed by atoms with van der Waals surface area (Å²) in [7, 11) is 0. The number of amides is 1. The summed E-state index contributed by atoms with van der Waals surface area (Å²) in [5.41, 5.74) is 2.14. The van der Waals surface area contributed by atoms with Gasteiger partial charge in [0.25, 0.3) is 5.91 Å². The highest BCUT2D eigenvalue weighted by Crippen LogP contribution is 2.25. The number of halogens is 3. The van der Waals surface area contributed by atoms with Gasteiger partial charge in [-0.25, -0.2) is 0 Å². The summed E-state index contributed by atoms with van der Waals surface area (Å²) in [6, 6.07) is 23.8. The van der Waals surface area contributed by atoms with E-state index in [1.165, 1.54) is 0 Å². The summed E-state index contributed by atoms with van der Waals surface area (Å²) < 4.78 is 42.2. The van der Waals surface area contributed by atoms with E-state index in [-0.39, 0.29) is 13.0 Å². The lowest BCUT2D eigenvalue weighted by Crippen LogP contribution is -2.58. The van der Waals surface area contributed by atoms with Crippen molar-refractivity contribution in [1.29, 1.82) is 0 Å². The highest BCUT2D eigenvalue weighted by Gasteiger charge is 2.45. The zero-order valence-electron chi connectivity index (χ0n) is 17.7. The van der Waals surface area contributed by atoms with Crippen molar-refractivity contribution in [3.8, 4) is 0 Å². The molecule has 3 aromatic carbocycles. The predicted octanol–water partition coefficient (Wildman–Crippen LogP) is 5.18. The van der Waals surface area contributed by atoms with Crippen LogP contribution in [-0.4, -0.2) is 30.7 Å². The third-order valence-electron chi connectivity index (χ3n) is 5.26. The molecule has 0 spiro atoms. The molecule has 0 aliphatic rings. The Balaban J connectivity index is 1.73. The monoisotopic (exact) mass is 440 g/mol. The maximum Gasteiger partial charge on any atom is 0.405 e. The van der Waals surface area contributed by atoms with Gasteiger partial charge in [0.2, 0.25) is 0 Å². The number of hydrogen-bond donors (Lipinski definition) is 2. The van der Waals surface area contributed by atoms with E-state index in [4.69, 9.17) is 0 Å². The van der Waals surface area contributed by atoms with Gasteiger partial charge in [-0.2, -0.15) is 13.2 Å². The van der Waals surface area contributed by atoms with Crippen molar-refractivity contribution in [1.82, 2.24) is 10.6 Å². The van der Waals surface area contributed by atoms with Gasteiger partial charge in [0.15, 0.2) is 0 Å². The molecule has 168 valence electrons. The molecule has 0 saturated carbocycles. The minimum absolute atomic E-state index is 0.0648. The quantitative estimate of drug-likeness (QED) is 0.427. The van der Waals surface area contributed by atoms with Gasteiger partial charge in [-0.3, -0.25) is 4.79 Å². The lowest BCUT2D eigenvalue weighted by atomic mass is 9.97. The number of aryl methyl sites for hydroxylation is 1. The Bertz CT molecular complexity index is 947. The van der Waals surface area contributed by atoms with Crippen molar-refractivity contribution in [2.75, 3.05) is 6.54 Å². The Morgan fingerprint density at radius 3 is 1.88 bits per heavy atom. The number of carbonyl (C=O) groups is 1. The molecular weight excluding hydrogens is 413 g/mol. The number of alkyl halides is 3. The van der Waals surface area contributed by atoms with Crippen LogP contribution < -0.4 is 10.6 Å². The normalized spacial score (nSPS) is 13.3. The molecular formula is C26H27F3N2O. The fourth-order valence-electron chi connectivity index (χ4n) is 3.64. The van der Waals surface area contributed by atoms with E-state index in [9.17, 15) is 18.0 Å². The van der Waals surface area contributed by atoms with Gasteiger partial charge in [0.05, 0.1) is 6.04 Å². The van der Waals surface area contributed by atoms with Gasteiger partial charge in [-0.05, 0) is 49.1 Å². The molecule has 2 unspecified atom stereocenters. The SMILES string of the molecule is O=C(NC(Cc1ccccc1)C(NCCCc1ccccc1)C(F)(F)F)c1ccccc1. The molecule has 0 aromatic heterocycles. The Morgan fingerprint density at radius 1 is 0.781 bits per heavy atom. The van der Waals surface area contributed by atoms with Crippen LogP contribution >= 0.6 is 0 Å². The molecule has 2 atom stereocenters. The van der Waals surface area contributed by atoms with E-state index in [2.05, 4.69) is 10.6 Å². The topological polar surface area (TPSA) is 41.1 Å². The van der Waals surface area contributed by atoms with Gasteiger partial charge < -0.3 is 10.6 Å². The molecule has 6 heteroatoms. The van der Waals surface area contributed by atoms with Gasteiger partial charge in [-0.1, -0.05) is 78.9 Å². The maximum atomic E-state index is 14.1. The molecule has 3 aromatic rings. The number of carbonyl (C=O) groups excluding carboxylic acids is 1. The smallest absolute Gasteiger partial charge is 0.347 e. The van der Waals surface area contributed by atoms with Crippen LogP contribution in [0.4, 0.5) is 13.2 Å². The number of benzene rings is 3. The van der Waals surface area contributed by atoms with Crippen LogP contribution in [0.25, 0.3) is 0 Å². The van der Waals surface area contributed by atoms with Gasteiger partial charge in [0.1, 0.15) is 6.04 Å². The molecule has 0 aliphatic carbocycles. The molecule has 2 N–H and O–H groups in total. The van der Waals surface area contributed by atoms with Crippen molar-refractivity contribution >= 4 is 5.91 Å². The first-order valence-electron chi connectivity index (χ1n) is 10.7. The lowest BCUT2D eigenvalue weighted by Gasteiger charge is -2.31. The van der Waals surface area contributed by atoms with Crippen molar-refractivity contribution < 1.29 is 18.0 Å². The van der Waals surface area contributed by atoms with Crippen molar-refractivity contribution in [3.63, 3.8) is 0 Å². The second-order valence-corrected chi connectivity index (χ2v) is 7.70. The molecule has 0 radical (unpaired) electrons. The first-order chi connectivity index (χ1) is 15.4. The van der Waals surface area contributed by atoms with Crippen molar-refractivity contribution in [3.05, 3.63) is 108 Å². The van der Waals surface area contributed by atoms with Gasteiger partial charge >= 0.3 is 6.18 Å². The predicted molar refractivity (Wildman–Crippen MR) is 120 cm³/mol. The van der Waals surface area contributed by atoms with E-state index in [1.54, 1.807) is 54.6 Å². The van der Waals surface area contributed by atoms with E-state index in [1.807, 2.05) is 36.4 Å². The minimum Gasteiger partial charge on any atom is -0.347 e. The van der Waals surface area contributed by atoms with Gasteiger partial charge in [0, 0.05) is 5.56 Å². The summed E-state index contributed by atoms with van der Waals surface area (Å²) in [4.78, 5) is 12.7. The molecule has 3 nitrogen and oxygen atoms in total. The Labute approximate surface area is 186 Å². The third-order valence-corrected chi connectivity index (χ3v) is 5.26. The largest absolute Gasteiger partial charge is 0.405 e. The van der Waals surface area contributed by atoms with Crippen LogP contribution in [0.15, 0.2) is 91.0 Å². The van der Waals surface area contributed by atoms with Crippen LogP contribution in [0.1, 0.15) is 27.9 Å². The van der Waals surface area contributed by atoms with E-state index < -0.39 is 24.2 Å². The second-order valence-electron chi connectivity index (χ2n) is 7.70. The lowest BCUT2D eigenvalue weighted by molar-refractivity contribution is -0.161. The highest BCUT2D eigenvalue weighted by molar-refractivity contribution is 5.94. The number of hydrogen-bond acceptors (Lipinski definition) is 2. The fourth-order valence-corrected chi connectivity index (χ4v) is 3.64. The Hall–Kier alpha value is -3.12. The molecule has 0 bridgehead atoms. The number of nitrogens with one attached hydrogen (secondary N) is 2. The molecule has 3 rings (SSSR count). The molecule has 0 aliphatic heterocycles. The fraction of sp³-hybridized carbons (Fsp3) is 0.269. The van der Waals surface area contributed by atoms with E-state index >= 15 is 0 Å². The first kappa shape index (κ1) is 23.5. The number of rotatable bonds is 10. The highest BCUT2D eigenvalue weighted by atomic mass is 19.4. The molecule has 0 fully saturated rings. The minimum atomic E-state index is -4.52. The summed E-state index contributed by atoms with van der Waals surface area (Å²) in [5, 5.41) is 5.29. The van der Waals surface area contributed by atoms with Crippen LogP contribution in [0, 0.1) is 0 Å². The van der Waals surface area contributed by atoms with Gasteiger partial charge in [-0.15, -0.1) is 0 Å². The van der Waals surface area contributed by atoms with Crippen molar-refractivity contribution in [2.45, 2.75) is 37.5 Å². The zero-order valence-corrected chi connectivity index (χ0v) is 17.7. The first-order valence-corrected chi connectivity index (χ1v) is 10.7. The van der Waals surface area contributed by atoms with Crippen molar-refractivity contribution in [2.24, 2.45) is 0 Å². The Morgan fingerprint density at radius 2 is 1.31 bits per heavy atom. The molecule has 32 heavy (non-hydrogen) atoms. The maximum absolute atomic E-state index is 14.1. The van der Waals surface area contributed by atoms with E-state index in [0.717, 1.165) is 11.1 Å². The third kappa shape index (κ3) is 7.24. The average Bonchev–Trinajstić information content (AvgIpc) is 2.80. The summed E-state index contributed by atoms with van der Waals surface area (Å²) >= 11 is 0. The van der Waals surface area contributed by atoms with Crippen LogP contribution in [-0.2, 0) is 12.8 Å². The molecule has 0 heterocycles. The second kappa shape index (κ2) is 11.5. The van der Waals surface area contributed by atoms with Crippen LogP contribution in [0.2, 0.25) is 0 Å². The summed E-state index contributed by atoms with van der Waals surface area (Å²) in [5.74, 6) is -0.521. The zero-order chi connectivity index (χ0) is 22.8.